The fourth-order valence-corrected chi connectivity index (χ4v) is 2.06. The zero-order valence-corrected chi connectivity index (χ0v) is 12.2. The first-order valence-corrected chi connectivity index (χ1v) is 7.04. The molecule has 0 spiro atoms. The summed E-state index contributed by atoms with van der Waals surface area (Å²) in [5.41, 5.74) is 0. The van der Waals surface area contributed by atoms with Crippen molar-refractivity contribution in [2.24, 2.45) is 0 Å². The number of nitrogens with one attached hydrogen (secondary N) is 1. The molecule has 0 saturated carbocycles. The maximum absolute atomic E-state index is 12.1. The monoisotopic (exact) mass is 282 g/mol. The van der Waals surface area contributed by atoms with Crippen LogP contribution in [0.2, 0.25) is 0 Å². The number of amides is 2. The normalized spacial score (nSPS) is 18.4. The quantitative estimate of drug-likeness (QED) is 0.874. The van der Waals surface area contributed by atoms with Gasteiger partial charge in [0.15, 0.2) is 5.82 Å². The van der Waals surface area contributed by atoms with Crippen LogP contribution >= 0.6 is 0 Å². The van der Waals surface area contributed by atoms with Crippen molar-refractivity contribution in [2.45, 2.75) is 51.7 Å². The van der Waals surface area contributed by atoms with E-state index in [9.17, 15) is 9.90 Å². The third-order valence-corrected chi connectivity index (χ3v) is 3.44. The average Bonchev–Trinajstić information content (AvgIpc) is 2.89. The van der Waals surface area contributed by atoms with Crippen molar-refractivity contribution in [1.29, 1.82) is 0 Å². The number of urea groups is 1. The SMILES string of the molecule is CC(C)c1noc(C(C)NC(=O)N2CCC(O)CC2)n1. The Hall–Kier alpha value is -1.63. The summed E-state index contributed by atoms with van der Waals surface area (Å²) in [7, 11) is 0. The molecule has 1 aliphatic heterocycles. The van der Waals surface area contributed by atoms with E-state index in [0.717, 1.165) is 0 Å². The molecule has 2 N–H and O–H groups in total. The molecule has 0 bridgehead atoms. The van der Waals surface area contributed by atoms with Gasteiger partial charge in [0.2, 0.25) is 5.89 Å². The van der Waals surface area contributed by atoms with E-state index >= 15 is 0 Å². The number of aliphatic hydroxyl groups excluding tert-OH is 1. The molecule has 7 nitrogen and oxygen atoms in total. The lowest BCUT2D eigenvalue weighted by molar-refractivity contribution is 0.0926. The lowest BCUT2D eigenvalue weighted by Gasteiger charge is -2.30. The summed E-state index contributed by atoms with van der Waals surface area (Å²) in [4.78, 5) is 18.0. The van der Waals surface area contributed by atoms with Crippen LogP contribution in [0.25, 0.3) is 0 Å². The predicted molar refractivity (Wildman–Crippen MR) is 72.1 cm³/mol. The lowest BCUT2D eigenvalue weighted by Crippen LogP contribution is -2.46. The molecule has 1 aromatic heterocycles. The molecule has 20 heavy (non-hydrogen) atoms. The van der Waals surface area contributed by atoms with Gasteiger partial charge in [-0.15, -0.1) is 0 Å². The number of carbonyl (C=O) groups excluding carboxylic acids is 1. The molecule has 1 aliphatic rings. The topological polar surface area (TPSA) is 91.5 Å². The van der Waals surface area contributed by atoms with Gasteiger partial charge in [-0.2, -0.15) is 4.98 Å². The molecular weight excluding hydrogens is 260 g/mol. The summed E-state index contributed by atoms with van der Waals surface area (Å²) < 4.78 is 5.16. The van der Waals surface area contributed by atoms with Crippen molar-refractivity contribution in [3.8, 4) is 0 Å². The molecule has 2 heterocycles. The van der Waals surface area contributed by atoms with Gasteiger partial charge in [-0.1, -0.05) is 19.0 Å². The summed E-state index contributed by atoms with van der Waals surface area (Å²) in [5, 5.41) is 16.2. The maximum atomic E-state index is 12.1. The van der Waals surface area contributed by atoms with E-state index in [2.05, 4.69) is 15.5 Å². The van der Waals surface area contributed by atoms with E-state index in [1.54, 1.807) is 4.90 Å². The van der Waals surface area contributed by atoms with E-state index in [1.165, 1.54) is 0 Å². The highest BCUT2D eigenvalue weighted by Crippen LogP contribution is 2.16. The van der Waals surface area contributed by atoms with Crippen LogP contribution in [-0.2, 0) is 0 Å². The van der Waals surface area contributed by atoms with Gasteiger partial charge in [-0.25, -0.2) is 4.79 Å². The van der Waals surface area contributed by atoms with E-state index in [-0.39, 0.29) is 24.1 Å². The molecule has 0 radical (unpaired) electrons. The fraction of sp³-hybridized carbons (Fsp3) is 0.769. The summed E-state index contributed by atoms with van der Waals surface area (Å²) in [6, 6.07) is -0.483. The number of rotatable bonds is 3. The number of likely N-dealkylation sites (tertiary alicyclic amines) is 1. The Balaban J connectivity index is 1.89. The van der Waals surface area contributed by atoms with Crippen molar-refractivity contribution in [3.05, 3.63) is 11.7 Å². The molecule has 0 aliphatic carbocycles. The Morgan fingerprint density at radius 3 is 2.60 bits per heavy atom. The second-order valence-electron chi connectivity index (χ2n) is 5.53. The molecule has 1 saturated heterocycles. The second-order valence-corrected chi connectivity index (χ2v) is 5.53. The number of nitrogens with zero attached hydrogens (tertiary/aromatic N) is 3. The number of hydrogen-bond acceptors (Lipinski definition) is 5. The van der Waals surface area contributed by atoms with E-state index in [4.69, 9.17) is 4.52 Å². The molecule has 112 valence electrons. The number of aliphatic hydroxyl groups is 1. The number of hydrogen-bond donors (Lipinski definition) is 2. The van der Waals surface area contributed by atoms with Crippen LogP contribution in [0.3, 0.4) is 0 Å². The minimum Gasteiger partial charge on any atom is -0.393 e. The van der Waals surface area contributed by atoms with Gasteiger partial charge in [0.1, 0.15) is 6.04 Å². The third-order valence-electron chi connectivity index (χ3n) is 3.44. The predicted octanol–water partition coefficient (Wildman–Crippen LogP) is 1.42. The Morgan fingerprint density at radius 2 is 2.05 bits per heavy atom. The molecule has 0 aromatic carbocycles. The van der Waals surface area contributed by atoms with Crippen LogP contribution in [0, 0.1) is 0 Å². The van der Waals surface area contributed by atoms with E-state index in [1.807, 2.05) is 20.8 Å². The zero-order valence-electron chi connectivity index (χ0n) is 12.2. The van der Waals surface area contributed by atoms with Gasteiger partial charge in [0, 0.05) is 19.0 Å². The maximum Gasteiger partial charge on any atom is 0.318 e. The minimum atomic E-state index is -0.325. The first-order chi connectivity index (χ1) is 9.47. The third kappa shape index (κ3) is 3.47. The van der Waals surface area contributed by atoms with Gasteiger partial charge in [-0.3, -0.25) is 0 Å². The van der Waals surface area contributed by atoms with Crippen LogP contribution in [0.4, 0.5) is 4.79 Å². The van der Waals surface area contributed by atoms with Gasteiger partial charge in [-0.05, 0) is 19.8 Å². The molecular formula is C13H22N4O3. The first kappa shape index (κ1) is 14.8. The number of piperidine rings is 1. The van der Waals surface area contributed by atoms with Gasteiger partial charge < -0.3 is 19.8 Å². The number of aromatic nitrogens is 2. The summed E-state index contributed by atoms with van der Waals surface area (Å²) in [6.07, 6.45) is 0.959. The smallest absolute Gasteiger partial charge is 0.318 e. The van der Waals surface area contributed by atoms with Gasteiger partial charge >= 0.3 is 6.03 Å². The molecule has 2 rings (SSSR count). The zero-order chi connectivity index (χ0) is 14.7. The number of carbonyl (C=O) groups is 1. The van der Waals surface area contributed by atoms with Crippen LogP contribution in [0.5, 0.6) is 0 Å². The minimum absolute atomic E-state index is 0.159. The molecule has 1 unspecified atom stereocenters. The molecule has 1 fully saturated rings. The van der Waals surface area contributed by atoms with Crippen molar-refractivity contribution in [3.63, 3.8) is 0 Å². The first-order valence-electron chi connectivity index (χ1n) is 7.04. The van der Waals surface area contributed by atoms with Crippen molar-refractivity contribution in [2.75, 3.05) is 13.1 Å². The standard InChI is InChI=1S/C13H22N4O3/c1-8(2)11-15-12(20-16-11)9(3)14-13(19)17-6-4-10(18)5-7-17/h8-10,18H,4-7H2,1-3H3,(H,14,19). The second kappa shape index (κ2) is 6.21. The van der Waals surface area contributed by atoms with Gasteiger partial charge in [0.25, 0.3) is 0 Å². The van der Waals surface area contributed by atoms with Crippen molar-refractivity contribution < 1.29 is 14.4 Å². The largest absolute Gasteiger partial charge is 0.393 e. The van der Waals surface area contributed by atoms with Crippen molar-refractivity contribution >= 4 is 6.03 Å². The highest BCUT2D eigenvalue weighted by atomic mass is 16.5. The molecule has 1 atom stereocenters. The Kier molecular flexibility index (Phi) is 4.59. The highest BCUT2D eigenvalue weighted by Gasteiger charge is 2.24. The highest BCUT2D eigenvalue weighted by molar-refractivity contribution is 5.74. The Bertz CT molecular complexity index is 452. The van der Waals surface area contributed by atoms with Crippen LogP contribution < -0.4 is 5.32 Å². The van der Waals surface area contributed by atoms with Crippen LogP contribution in [-0.4, -0.2) is 45.4 Å². The average molecular weight is 282 g/mol. The van der Waals surface area contributed by atoms with E-state index in [0.29, 0.717) is 37.6 Å². The Labute approximate surface area is 118 Å². The van der Waals surface area contributed by atoms with Crippen LogP contribution in [0.1, 0.15) is 57.3 Å². The van der Waals surface area contributed by atoms with Gasteiger partial charge in [0.05, 0.1) is 6.10 Å². The summed E-state index contributed by atoms with van der Waals surface area (Å²) >= 11 is 0. The van der Waals surface area contributed by atoms with Crippen LogP contribution in [0.15, 0.2) is 4.52 Å². The molecule has 1 aromatic rings. The molecule has 2 amide bonds. The fourth-order valence-electron chi connectivity index (χ4n) is 2.06. The van der Waals surface area contributed by atoms with Crippen molar-refractivity contribution in [1.82, 2.24) is 20.4 Å². The van der Waals surface area contributed by atoms with E-state index < -0.39 is 0 Å². The summed E-state index contributed by atoms with van der Waals surface area (Å²) in [5.74, 6) is 1.25. The Morgan fingerprint density at radius 1 is 1.40 bits per heavy atom. The summed E-state index contributed by atoms with van der Waals surface area (Å²) in [6.45, 7) is 6.92. The molecule has 7 heteroatoms. The lowest BCUT2D eigenvalue weighted by atomic mass is 10.1.